The highest BCUT2D eigenvalue weighted by Crippen LogP contribution is 2.34. The average molecular weight is 263 g/mol. The van der Waals surface area contributed by atoms with Crippen LogP contribution in [0.5, 0.6) is 0 Å². The Kier molecular flexibility index (Phi) is 5.45. The topological polar surface area (TPSA) is 18.5 Å². The molecule has 0 rings (SSSR count). The average Bonchev–Trinajstić information content (AvgIpc) is 2.13. The van der Waals surface area contributed by atoms with Gasteiger partial charge in [0, 0.05) is 7.11 Å². The van der Waals surface area contributed by atoms with Gasteiger partial charge in [0.1, 0.15) is 0 Å². The molecule has 0 saturated carbocycles. The second-order valence-electron chi connectivity index (χ2n) is 6.33. The van der Waals surface area contributed by atoms with E-state index in [0.29, 0.717) is 6.10 Å². The summed E-state index contributed by atoms with van der Waals surface area (Å²) in [5.41, 5.74) is 0. The van der Waals surface area contributed by atoms with Crippen LogP contribution in [0.15, 0.2) is 0 Å². The van der Waals surface area contributed by atoms with Gasteiger partial charge in [0.25, 0.3) is 0 Å². The highest BCUT2D eigenvalue weighted by atomic mass is 29.3. The van der Waals surface area contributed by atoms with Crippen LogP contribution in [0.4, 0.5) is 0 Å². The van der Waals surface area contributed by atoms with Crippen molar-refractivity contribution in [2.24, 2.45) is 0 Å². The molecule has 0 heterocycles. The van der Waals surface area contributed by atoms with E-state index in [1.165, 1.54) is 0 Å². The summed E-state index contributed by atoms with van der Waals surface area (Å²) in [6.07, 6.45) is 1.37. The van der Waals surface area contributed by atoms with Gasteiger partial charge in [-0.1, -0.05) is 26.6 Å². The lowest BCUT2D eigenvalue weighted by atomic mass is 10.3. The Bertz CT molecular complexity index is 224. The van der Waals surface area contributed by atoms with Crippen LogP contribution in [-0.2, 0) is 9.16 Å². The van der Waals surface area contributed by atoms with E-state index in [1.54, 1.807) is 0 Å². The maximum atomic E-state index is 6.24. The molecule has 2 atom stereocenters. The molecule has 0 aliphatic carbocycles. The third-order valence-corrected chi connectivity index (χ3v) is 21.2. The lowest BCUT2D eigenvalue weighted by Gasteiger charge is -2.48. The molecule has 0 amide bonds. The second kappa shape index (κ2) is 5.33. The summed E-state index contributed by atoms with van der Waals surface area (Å²) < 4.78 is 12.2. The van der Waals surface area contributed by atoms with E-state index in [9.17, 15) is 0 Å². The van der Waals surface area contributed by atoms with Gasteiger partial charge in [0.15, 0.2) is 0 Å². The van der Waals surface area contributed by atoms with E-state index in [-0.39, 0.29) is 5.22 Å². The lowest BCUT2D eigenvalue weighted by Crippen LogP contribution is -2.70. The molecule has 16 heavy (non-hydrogen) atoms. The fourth-order valence-corrected chi connectivity index (χ4v) is 12.9. The first-order valence-electron chi connectivity index (χ1n) is 6.24. The van der Waals surface area contributed by atoms with Gasteiger partial charge in [0.05, 0.1) is 18.9 Å². The minimum absolute atomic E-state index is 0.109. The highest BCUT2D eigenvalue weighted by molar-refractivity contribution is 7.39. The third kappa shape index (κ3) is 3.18. The smallest absolute Gasteiger partial charge is 0.206 e. The molecule has 0 bridgehead atoms. The van der Waals surface area contributed by atoms with Crippen molar-refractivity contribution in [3.63, 3.8) is 0 Å². The van der Waals surface area contributed by atoms with Gasteiger partial charge >= 0.3 is 0 Å². The van der Waals surface area contributed by atoms with Gasteiger partial charge in [0.2, 0.25) is 7.83 Å². The first kappa shape index (κ1) is 16.4. The first-order chi connectivity index (χ1) is 7.02. The molecule has 2 nitrogen and oxygen atoms in total. The zero-order valence-electron chi connectivity index (χ0n) is 12.6. The molecule has 0 aromatic rings. The van der Waals surface area contributed by atoms with Crippen molar-refractivity contribution in [3.05, 3.63) is 0 Å². The standard InChI is InChI=1S/C12H30O2Si2/c1-10-11(2)14-12(3,4)16(9,13-5)15(6,7)8/h11H,10H2,1-9H3. The normalized spacial score (nSPS) is 19.3. The summed E-state index contributed by atoms with van der Waals surface area (Å²) >= 11 is 0. The molecule has 4 heteroatoms. The SMILES string of the molecule is CCC(C)OC(C)(C)[Si](C)(OC)[Si](C)(C)C. The molecular weight excluding hydrogens is 232 g/mol. The Balaban J connectivity index is 5.07. The van der Waals surface area contributed by atoms with Crippen LogP contribution in [0, 0.1) is 0 Å². The van der Waals surface area contributed by atoms with Crippen molar-refractivity contribution >= 4 is 15.4 Å². The van der Waals surface area contributed by atoms with Crippen molar-refractivity contribution < 1.29 is 9.16 Å². The summed E-state index contributed by atoms with van der Waals surface area (Å²) in [5, 5.41) is -0.109. The van der Waals surface area contributed by atoms with E-state index in [2.05, 4.69) is 53.9 Å². The van der Waals surface area contributed by atoms with Gasteiger partial charge in [-0.2, -0.15) is 0 Å². The van der Waals surface area contributed by atoms with E-state index in [4.69, 9.17) is 9.16 Å². The molecule has 98 valence electrons. The zero-order valence-corrected chi connectivity index (χ0v) is 14.6. The maximum absolute atomic E-state index is 6.24. The van der Waals surface area contributed by atoms with Crippen LogP contribution in [0.3, 0.4) is 0 Å². The maximum Gasteiger partial charge on any atom is 0.206 e. The fourth-order valence-electron chi connectivity index (χ4n) is 2.15. The molecule has 0 spiro atoms. The largest absolute Gasteiger partial charge is 0.420 e. The number of hydrogen-bond donors (Lipinski definition) is 0. The predicted molar refractivity (Wildman–Crippen MR) is 76.9 cm³/mol. The first-order valence-corrected chi connectivity index (χ1v) is 13.2. The molecule has 0 aliphatic heterocycles. The van der Waals surface area contributed by atoms with Crippen molar-refractivity contribution in [2.45, 2.75) is 71.6 Å². The van der Waals surface area contributed by atoms with Gasteiger partial charge in [-0.3, -0.25) is 0 Å². The quantitative estimate of drug-likeness (QED) is 0.679. The van der Waals surface area contributed by atoms with Gasteiger partial charge < -0.3 is 9.16 Å². The Hall–Kier alpha value is 0.354. The fraction of sp³-hybridized carbons (Fsp3) is 1.00. The second-order valence-corrected chi connectivity index (χ2v) is 21.9. The Morgan fingerprint density at radius 2 is 1.56 bits per heavy atom. The van der Waals surface area contributed by atoms with Crippen LogP contribution in [0.2, 0.25) is 26.2 Å². The van der Waals surface area contributed by atoms with E-state index >= 15 is 0 Å². The van der Waals surface area contributed by atoms with Crippen LogP contribution in [0.1, 0.15) is 34.1 Å². The molecule has 0 radical (unpaired) electrons. The molecular formula is C12H30O2Si2. The number of hydrogen-bond acceptors (Lipinski definition) is 2. The van der Waals surface area contributed by atoms with E-state index in [0.717, 1.165) is 6.42 Å². The number of ether oxygens (including phenoxy) is 1. The van der Waals surface area contributed by atoms with E-state index in [1.807, 2.05) is 7.11 Å². The Morgan fingerprint density at radius 1 is 1.12 bits per heavy atom. The highest BCUT2D eigenvalue weighted by Gasteiger charge is 2.55. The molecule has 2 unspecified atom stereocenters. The van der Waals surface area contributed by atoms with Crippen LogP contribution < -0.4 is 0 Å². The van der Waals surface area contributed by atoms with Crippen LogP contribution >= 0.6 is 0 Å². The molecule has 0 aliphatic rings. The molecule has 0 aromatic carbocycles. The minimum Gasteiger partial charge on any atom is -0.420 e. The van der Waals surface area contributed by atoms with Gasteiger partial charge in [-0.25, -0.2) is 0 Å². The predicted octanol–water partition coefficient (Wildman–Crippen LogP) is 3.76. The van der Waals surface area contributed by atoms with Crippen LogP contribution in [0.25, 0.3) is 0 Å². The minimum atomic E-state index is -1.81. The Morgan fingerprint density at radius 3 is 1.81 bits per heavy atom. The Labute approximate surface area is 104 Å². The molecule has 0 fully saturated rings. The summed E-state index contributed by atoms with van der Waals surface area (Å²) in [6, 6.07) is 0. The monoisotopic (exact) mass is 262 g/mol. The van der Waals surface area contributed by atoms with Crippen molar-refractivity contribution in [2.75, 3.05) is 7.11 Å². The molecule has 0 saturated heterocycles. The van der Waals surface area contributed by atoms with Gasteiger partial charge in [-0.15, -0.1) is 0 Å². The summed E-state index contributed by atoms with van der Waals surface area (Å²) in [6.45, 7) is 18.3. The van der Waals surface area contributed by atoms with Crippen LogP contribution in [-0.4, -0.2) is 33.9 Å². The van der Waals surface area contributed by atoms with E-state index < -0.39 is 15.4 Å². The van der Waals surface area contributed by atoms with Crippen molar-refractivity contribution in [1.29, 1.82) is 0 Å². The zero-order chi connectivity index (χ0) is 13.2. The van der Waals surface area contributed by atoms with Crippen molar-refractivity contribution in [1.82, 2.24) is 0 Å². The summed E-state index contributed by atoms with van der Waals surface area (Å²) in [5.74, 6) is 0. The number of rotatable bonds is 6. The van der Waals surface area contributed by atoms with Gasteiger partial charge in [-0.05, 0) is 33.7 Å². The summed E-state index contributed by atoms with van der Waals surface area (Å²) in [7, 11) is -1.28. The molecule has 0 aromatic heterocycles. The lowest BCUT2D eigenvalue weighted by molar-refractivity contribution is -0.0264. The summed E-state index contributed by atoms with van der Waals surface area (Å²) in [4.78, 5) is 0. The molecule has 0 N–H and O–H groups in total. The third-order valence-electron chi connectivity index (χ3n) is 4.06. The van der Waals surface area contributed by atoms with Crippen molar-refractivity contribution in [3.8, 4) is 0 Å².